The fraction of sp³-hybridized carbons (Fsp3) is 0.818. The van der Waals surface area contributed by atoms with E-state index in [1.165, 1.54) is 4.90 Å². The second-order valence-electron chi connectivity index (χ2n) is 5.73. The number of amides is 2. The van der Waals surface area contributed by atoms with Gasteiger partial charge in [-0.05, 0) is 5.41 Å². The van der Waals surface area contributed by atoms with Gasteiger partial charge < -0.3 is 15.3 Å². The molecule has 1 aliphatic heterocycles. The number of urea groups is 1. The summed E-state index contributed by atoms with van der Waals surface area (Å²) in [5.41, 5.74) is -0.622. The minimum atomic E-state index is -3.06. The minimum Gasteiger partial charge on any atom is -0.480 e. The van der Waals surface area contributed by atoms with E-state index in [2.05, 4.69) is 5.32 Å². The zero-order chi connectivity index (χ0) is 14.8. The van der Waals surface area contributed by atoms with Crippen LogP contribution in [0.2, 0.25) is 0 Å². The second kappa shape index (κ2) is 5.36. The van der Waals surface area contributed by atoms with Gasteiger partial charge in [0.25, 0.3) is 0 Å². The summed E-state index contributed by atoms with van der Waals surface area (Å²) in [6, 6.07) is -1.55. The van der Waals surface area contributed by atoms with E-state index in [1.54, 1.807) is 20.8 Å². The number of nitrogens with zero attached hydrogens (tertiary/aromatic N) is 1. The second-order valence-corrected chi connectivity index (χ2v) is 8.03. The third-order valence-corrected chi connectivity index (χ3v) is 4.62. The van der Waals surface area contributed by atoms with Crippen LogP contribution >= 0.6 is 0 Å². The van der Waals surface area contributed by atoms with Crippen LogP contribution < -0.4 is 5.32 Å². The summed E-state index contributed by atoms with van der Waals surface area (Å²) >= 11 is 0. The van der Waals surface area contributed by atoms with Gasteiger partial charge >= 0.3 is 12.0 Å². The summed E-state index contributed by atoms with van der Waals surface area (Å²) in [5.74, 6) is -1.26. The van der Waals surface area contributed by atoms with Gasteiger partial charge in [-0.2, -0.15) is 0 Å². The van der Waals surface area contributed by atoms with Crippen molar-refractivity contribution in [2.45, 2.75) is 26.8 Å². The first-order chi connectivity index (χ1) is 8.53. The Morgan fingerprint density at radius 1 is 1.21 bits per heavy atom. The summed E-state index contributed by atoms with van der Waals surface area (Å²) in [4.78, 5) is 24.4. The number of carboxylic acid groups (broad SMARTS) is 1. The summed E-state index contributed by atoms with van der Waals surface area (Å²) < 4.78 is 22.5. The van der Waals surface area contributed by atoms with Crippen molar-refractivity contribution in [2.75, 3.05) is 24.6 Å². The zero-order valence-corrected chi connectivity index (χ0v) is 12.2. The van der Waals surface area contributed by atoms with Crippen molar-refractivity contribution in [1.82, 2.24) is 10.2 Å². The first-order valence-electron chi connectivity index (χ1n) is 6.01. The van der Waals surface area contributed by atoms with Gasteiger partial charge in [0.1, 0.15) is 6.04 Å². The number of sulfone groups is 1. The molecule has 2 N–H and O–H groups in total. The standard InChI is InChI=1S/C11H20N2O5S/c1-11(2,3)8(9(14)15)12-10(16)13-4-6-19(17,18)7-5-13/h8H,4-7H2,1-3H3,(H,12,16)(H,14,15). The molecule has 2 amide bonds. The highest BCUT2D eigenvalue weighted by Gasteiger charge is 2.34. The first-order valence-corrected chi connectivity index (χ1v) is 7.84. The van der Waals surface area contributed by atoms with E-state index in [9.17, 15) is 18.0 Å². The van der Waals surface area contributed by atoms with Crippen molar-refractivity contribution in [1.29, 1.82) is 0 Å². The predicted molar refractivity (Wildman–Crippen MR) is 69.6 cm³/mol. The highest BCUT2D eigenvalue weighted by atomic mass is 32.2. The van der Waals surface area contributed by atoms with Gasteiger partial charge in [0.2, 0.25) is 0 Å². The summed E-state index contributed by atoms with van der Waals surface area (Å²) in [7, 11) is -3.06. The molecule has 1 atom stereocenters. The summed E-state index contributed by atoms with van der Waals surface area (Å²) in [6.07, 6.45) is 0. The van der Waals surface area contributed by atoms with Crippen LogP contribution in [0, 0.1) is 5.41 Å². The van der Waals surface area contributed by atoms with Gasteiger partial charge in [0, 0.05) is 13.1 Å². The number of carbonyl (C=O) groups is 2. The van der Waals surface area contributed by atoms with Gasteiger partial charge in [-0.1, -0.05) is 20.8 Å². The molecule has 1 unspecified atom stereocenters. The normalized spacial score (nSPS) is 20.7. The molecule has 1 aliphatic rings. The lowest BCUT2D eigenvalue weighted by Crippen LogP contribution is -2.55. The maximum Gasteiger partial charge on any atom is 0.326 e. The van der Waals surface area contributed by atoms with Crippen molar-refractivity contribution in [3.05, 3.63) is 0 Å². The average molecular weight is 292 g/mol. The van der Waals surface area contributed by atoms with Crippen LogP contribution in [0.4, 0.5) is 4.79 Å². The first kappa shape index (κ1) is 15.7. The zero-order valence-electron chi connectivity index (χ0n) is 11.3. The molecule has 1 fully saturated rings. The van der Waals surface area contributed by atoms with E-state index >= 15 is 0 Å². The molecule has 0 aromatic heterocycles. The van der Waals surface area contributed by atoms with E-state index in [1.807, 2.05) is 0 Å². The van der Waals surface area contributed by atoms with Crippen LogP contribution in [0.25, 0.3) is 0 Å². The Labute approximate surface area is 112 Å². The molecule has 0 aliphatic carbocycles. The molecule has 0 aromatic rings. The van der Waals surface area contributed by atoms with E-state index in [-0.39, 0.29) is 24.6 Å². The number of aliphatic carboxylic acids is 1. The molecule has 0 aromatic carbocycles. The van der Waals surface area contributed by atoms with Crippen molar-refractivity contribution < 1.29 is 23.1 Å². The molecule has 0 saturated carbocycles. The van der Waals surface area contributed by atoms with Crippen molar-refractivity contribution in [2.24, 2.45) is 5.41 Å². The average Bonchev–Trinajstić information content (AvgIpc) is 2.23. The lowest BCUT2D eigenvalue weighted by Gasteiger charge is -2.32. The maximum absolute atomic E-state index is 11.9. The Morgan fingerprint density at radius 3 is 2.05 bits per heavy atom. The van der Waals surface area contributed by atoms with Crippen LogP contribution in [0.1, 0.15) is 20.8 Å². The molecule has 1 heterocycles. The number of rotatable bonds is 2. The van der Waals surface area contributed by atoms with Crippen LogP contribution in [0.3, 0.4) is 0 Å². The highest BCUT2D eigenvalue weighted by Crippen LogP contribution is 2.19. The van der Waals surface area contributed by atoms with Crippen LogP contribution in [0.15, 0.2) is 0 Å². The molecule has 0 radical (unpaired) electrons. The number of carbonyl (C=O) groups excluding carboxylic acids is 1. The van der Waals surface area contributed by atoms with Crippen molar-refractivity contribution in [3.63, 3.8) is 0 Å². The number of nitrogens with one attached hydrogen (secondary N) is 1. The Hall–Kier alpha value is -1.31. The number of hydrogen-bond donors (Lipinski definition) is 2. The van der Waals surface area contributed by atoms with Crippen LogP contribution in [-0.2, 0) is 14.6 Å². The molecule has 8 heteroatoms. The molecule has 110 valence electrons. The number of hydrogen-bond acceptors (Lipinski definition) is 4. The van der Waals surface area contributed by atoms with Crippen LogP contribution in [0.5, 0.6) is 0 Å². The Kier molecular flexibility index (Phi) is 4.44. The van der Waals surface area contributed by atoms with E-state index in [0.717, 1.165) is 0 Å². The fourth-order valence-electron chi connectivity index (χ4n) is 1.78. The number of carboxylic acids is 1. The van der Waals surface area contributed by atoms with E-state index < -0.39 is 33.3 Å². The molecule has 0 bridgehead atoms. The topological polar surface area (TPSA) is 104 Å². The third-order valence-electron chi connectivity index (χ3n) is 3.01. The summed E-state index contributed by atoms with van der Waals surface area (Å²) in [6.45, 7) is 5.35. The minimum absolute atomic E-state index is 0.0757. The maximum atomic E-state index is 11.9. The molecule has 1 saturated heterocycles. The van der Waals surface area contributed by atoms with Crippen molar-refractivity contribution >= 4 is 21.8 Å². The van der Waals surface area contributed by atoms with Gasteiger partial charge in [0.15, 0.2) is 9.84 Å². The van der Waals surface area contributed by atoms with Gasteiger partial charge in [-0.15, -0.1) is 0 Å². The molecule has 19 heavy (non-hydrogen) atoms. The molecule has 7 nitrogen and oxygen atoms in total. The fourth-order valence-corrected chi connectivity index (χ4v) is 2.98. The third kappa shape index (κ3) is 4.38. The summed E-state index contributed by atoms with van der Waals surface area (Å²) in [5, 5.41) is 11.6. The SMILES string of the molecule is CC(C)(C)C(NC(=O)N1CCS(=O)(=O)CC1)C(=O)O. The monoisotopic (exact) mass is 292 g/mol. The largest absolute Gasteiger partial charge is 0.480 e. The predicted octanol–water partition coefficient (Wildman–Crippen LogP) is -0.0743. The van der Waals surface area contributed by atoms with Gasteiger partial charge in [-0.3, -0.25) is 0 Å². The molecule has 1 rings (SSSR count). The quantitative estimate of drug-likeness (QED) is 0.741. The lowest BCUT2D eigenvalue weighted by molar-refractivity contribution is -0.142. The molecule has 0 spiro atoms. The van der Waals surface area contributed by atoms with E-state index in [4.69, 9.17) is 5.11 Å². The molecular weight excluding hydrogens is 272 g/mol. The van der Waals surface area contributed by atoms with Crippen molar-refractivity contribution in [3.8, 4) is 0 Å². The Bertz CT molecular complexity index is 452. The van der Waals surface area contributed by atoms with Gasteiger partial charge in [-0.25, -0.2) is 18.0 Å². The Balaban J connectivity index is 2.67. The highest BCUT2D eigenvalue weighted by molar-refractivity contribution is 7.91. The Morgan fingerprint density at radius 2 is 1.68 bits per heavy atom. The van der Waals surface area contributed by atoms with E-state index in [0.29, 0.717) is 0 Å². The lowest BCUT2D eigenvalue weighted by atomic mass is 9.87. The molecular formula is C11H20N2O5S. The smallest absolute Gasteiger partial charge is 0.326 e. The van der Waals surface area contributed by atoms with Crippen LogP contribution in [-0.4, -0.2) is 61.1 Å². The van der Waals surface area contributed by atoms with Gasteiger partial charge in [0.05, 0.1) is 11.5 Å².